The van der Waals surface area contributed by atoms with Crippen LogP contribution in [0.2, 0.25) is 0 Å². The van der Waals surface area contributed by atoms with Gasteiger partial charge in [0.05, 0.1) is 12.8 Å². The Bertz CT molecular complexity index is 514. The van der Waals surface area contributed by atoms with E-state index in [2.05, 4.69) is 15.6 Å². The average Bonchev–Trinajstić information content (AvgIpc) is 2.40. The van der Waals surface area contributed by atoms with Crippen LogP contribution in [0, 0.1) is 0 Å². The monoisotopic (exact) mass is 243 g/mol. The summed E-state index contributed by atoms with van der Waals surface area (Å²) in [6, 6.07) is 13.6. The average molecular weight is 243 g/mol. The number of hydrogen-bond acceptors (Lipinski definition) is 4. The van der Waals surface area contributed by atoms with Crippen molar-refractivity contribution in [3.63, 3.8) is 0 Å². The lowest BCUT2D eigenvalue weighted by Crippen LogP contribution is -2.01. The molecule has 0 saturated carbocycles. The molecule has 0 spiro atoms. The summed E-state index contributed by atoms with van der Waals surface area (Å²) in [4.78, 5) is 4.46. The van der Waals surface area contributed by atoms with E-state index in [1.807, 2.05) is 49.4 Å². The zero-order valence-corrected chi connectivity index (χ0v) is 10.6. The molecule has 94 valence electrons. The third-order valence-corrected chi connectivity index (χ3v) is 2.48. The highest BCUT2D eigenvalue weighted by molar-refractivity contribution is 5.64. The molecule has 1 heterocycles. The van der Waals surface area contributed by atoms with E-state index in [0.717, 1.165) is 29.6 Å². The van der Waals surface area contributed by atoms with E-state index in [-0.39, 0.29) is 0 Å². The van der Waals surface area contributed by atoms with Crippen LogP contribution in [-0.4, -0.2) is 18.6 Å². The van der Waals surface area contributed by atoms with E-state index in [4.69, 9.17) is 4.74 Å². The molecular formula is C14H17N3O. The Morgan fingerprint density at radius 3 is 2.61 bits per heavy atom. The molecule has 1 aromatic heterocycles. The Morgan fingerprint density at radius 2 is 1.83 bits per heavy atom. The quantitative estimate of drug-likeness (QED) is 0.846. The van der Waals surface area contributed by atoms with Gasteiger partial charge in [-0.05, 0) is 31.2 Å². The van der Waals surface area contributed by atoms with Crippen molar-refractivity contribution < 1.29 is 4.74 Å². The second-order valence-corrected chi connectivity index (χ2v) is 3.76. The number of rotatable bonds is 5. The highest BCUT2D eigenvalue weighted by Gasteiger charge is 2.03. The summed E-state index contributed by atoms with van der Waals surface area (Å²) in [5.74, 6) is 2.45. The fourth-order valence-electron chi connectivity index (χ4n) is 1.67. The molecule has 2 rings (SSSR count). The van der Waals surface area contributed by atoms with Gasteiger partial charge in [0, 0.05) is 6.54 Å². The van der Waals surface area contributed by atoms with E-state index >= 15 is 0 Å². The van der Waals surface area contributed by atoms with E-state index in [1.165, 1.54) is 0 Å². The van der Waals surface area contributed by atoms with E-state index < -0.39 is 0 Å². The van der Waals surface area contributed by atoms with Crippen molar-refractivity contribution in [2.75, 3.05) is 24.3 Å². The summed E-state index contributed by atoms with van der Waals surface area (Å²) < 4.78 is 5.29. The van der Waals surface area contributed by atoms with E-state index in [0.29, 0.717) is 0 Å². The number of hydrogen-bond donors (Lipinski definition) is 2. The maximum absolute atomic E-state index is 5.29. The Balaban J connectivity index is 2.20. The first-order valence-electron chi connectivity index (χ1n) is 5.94. The number of pyridine rings is 1. The smallest absolute Gasteiger partial charge is 0.142 e. The van der Waals surface area contributed by atoms with Crippen molar-refractivity contribution in [3.05, 3.63) is 42.5 Å². The number of ether oxygens (including phenoxy) is 1. The summed E-state index contributed by atoms with van der Waals surface area (Å²) in [6.45, 7) is 2.90. The van der Waals surface area contributed by atoms with Gasteiger partial charge in [0.2, 0.25) is 0 Å². The van der Waals surface area contributed by atoms with E-state index in [9.17, 15) is 0 Å². The minimum Gasteiger partial charge on any atom is -0.495 e. The second-order valence-electron chi connectivity index (χ2n) is 3.76. The number of nitrogens with one attached hydrogen (secondary N) is 2. The zero-order chi connectivity index (χ0) is 12.8. The van der Waals surface area contributed by atoms with Gasteiger partial charge >= 0.3 is 0 Å². The standard InChI is InChI=1S/C14H17N3O/c1-3-15-13-9-6-10-14(17-13)16-11-7-4-5-8-12(11)18-2/h4-10H,3H2,1-2H3,(H2,15,16,17). The summed E-state index contributed by atoms with van der Waals surface area (Å²) >= 11 is 0. The molecule has 0 saturated heterocycles. The molecule has 0 aliphatic rings. The van der Waals surface area contributed by atoms with Gasteiger partial charge in [-0.25, -0.2) is 4.98 Å². The minimum absolute atomic E-state index is 0.790. The predicted molar refractivity (Wildman–Crippen MR) is 74.7 cm³/mol. The number of methoxy groups -OCH3 is 1. The van der Waals surface area contributed by atoms with Crippen LogP contribution in [0.15, 0.2) is 42.5 Å². The largest absolute Gasteiger partial charge is 0.495 e. The van der Waals surface area contributed by atoms with Gasteiger partial charge in [0.1, 0.15) is 17.4 Å². The van der Waals surface area contributed by atoms with Crippen molar-refractivity contribution in [3.8, 4) is 5.75 Å². The number of aromatic nitrogens is 1. The van der Waals surface area contributed by atoms with Gasteiger partial charge in [-0.15, -0.1) is 0 Å². The minimum atomic E-state index is 0.790. The van der Waals surface area contributed by atoms with Crippen LogP contribution in [0.4, 0.5) is 17.3 Å². The van der Waals surface area contributed by atoms with Crippen LogP contribution in [0.3, 0.4) is 0 Å². The van der Waals surface area contributed by atoms with Gasteiger partial charge in [-0.1, -0.05) is 18.2 Å². The highest BCUT2D eigenvalue weighted by atomic mass is 16.5. The predicted octanol–water partition coefficient (Wildman–Crippen LogP) is 3.27. The molecule has 0 unspecified atom stereocenters. The van der Waals surface area contributed by atoms with Gasteiger partial charge in [0.15, 0.2) is 0 Å². The fraction of sp³-hybridized carbons (Fsp3) is 0.214. The topological polar surface area (TPSA) is 46.2 Å². The van der Waals surface area contributed by atoms with Crippen molar-refractivity contribution in [1.82, 2.24) is 4.98 Å². The first kappa shape index (κ1) is 12.2. The molecular weight excluding hydrogens is 226 g/mol. The Labute approximate surface area is 107 Å². The lowest BCUT2D eigenvalue weighted by Gasteiger charge is -2.11. The summed E-state index contributed by atoms with van der Waals surface area (Å²) in [5, 5.41) is 6.43. The molecule has 2 N–H and O–H groups in total. The van der Waals surface area contributed by atoms with E-state index in [1.54, 1.807) is 7.11 Å². The number of nitrogens with zero attached hydrogens (tertiary/aromatic N) is 1. The van der Waals surface area contributed by atoms with Crippen LogP contribution in [0.5, 0.6) is 5.75 Å². The molecule has 2 aromatic rings. The van der Waals surface area contributed by atoms with Gasteiger partial charge in [-0.3, -0.25) is 0 Å². The molecule has 0 radical (unpaired) electrons. The first-order valence-corrected chi connectivity index (χ1v) is 5.94. The molecule has 0 amide bonds. The van der Waals surface area contributed by atoms with Crippen LogP contribution >= 0.6 is 0 Å². The second kappa shape index (κ2) is 5.91. The Hall–Kier alpha value is -2.23. The first-order chi connectivity index (χ1) is 8.83. The van der Waals surface area contributed by atoms with Crippen LogP contribution in [0.25, 0.3) is 0 Å². The maximum Gasteiger partial charge on any atom is 0.142 e. The van der Waals surface area contributed by atoms with Crippen molar-refractivity contribution in [2.45, 2.75) is 6.92 Å². The summed E-state index contributed by atoms with van der Waals surface area (Å²) in [5.41, 5.74) is 0.904. The molecule has 1 aromatic carbocycles. The van der Waals surface area contributed by atoms with Crippen molar-refractivity contribution >= 4 is 17.3 Å². The van der Waals surface area contributed by atoms with Crippen molar-refractivity contribution in [2.24, 2.45) is 0 Å². The van der Waals surface area contributed by atoms with Crippen LogP contribution in [0.1, 0.15) is 6.92 Å². The molecule has 0 aliphatic carbocycles. The third-order valence-electron chi connectivity index (χ3n) is 2.48. The SMILES string of the molecule is CCNc1cccc(Nc2ccccc2OC)n1. The molecule has 0 atom stereocenters. The molecule has 4 heteroatoms. The molecule has 4 nitrogen and oxygen atoms in total. The number of para-hydroxylation sites is 2. The summed E-state index contributed by atoms with van der Waals surface area (Å²) in [6.07, 6.45) is 0. The Kier molecular flexibility index (Phi) is 4.02. The molecule has 0 aliphatic heterocycles. The number of benzene rings is 1. The lowest BCUT2D eigenvalue weighted by atomic mass is 10.3. The van der Waals surface area contributed by atoms with Gasteiger partial charge < -0.3 is 15.4 Å². The zero-order valence-electron chi connectivity index (χ0n) is 10.6. The van der Waals surface area contributed by atoms with Crippen LogP contribution in [-0.2, 0) is 0 Å². The van der Waals surface area contributed by atoms with Crippen LogP contribution < -0.4 is 15.4 Å². The molecule has 0 bridgehead atoms. The van der Waals surface area contributed by atoms with Crippen molar-refractivity contribution in [1.29, 1.82) is 0 Å². The Morgan fingerprint density at radius 1 is 1.06 bits per heavy atom. The normalized spacial score (nSPS) is 9.89. The molecule has 0 fully saturated rings. The lowest BCUT2D eigenvalue weighted by molar-refractivity contribution is 0.417. The summed E-state index contributed by atoms with van der Waals surface area (Å²) in [7, 11) is 1.66. The van der Waals surface area contributed by atoms with Gasteiger partial charge in [-0.2, -0.15) is 0 Å². The number of anilines is 3. The van der Waals surface area contributed by atoms with Gasteiger partial charge in [0.25, 0.3) is 0 Å². The fourth-order valence-corrected chi connectivity index (χ4v) is 1.67. The third kappa shape index (κ3) is 2.91. The maximum atomic E-state index is 5.29. The molecule has 18 heavy (non-hydrogen) atoms. The highest BCUT2D eigenvalue weighted by Crippen LogP contribution is 2.26.